The van der Waals surface area contributed by atoms with Gasteiger partial charge in [0.1, 0.15) is 0 Å². The van der Waals surface area contributed by atoms with Gasteiger partial charge in [-0.25, -0.2) is 0 Å². The number of carbonyl (C=O) groups excluding carboxylic acids is 2. The van der Waals surface area contributed by atoms with Gasteiger partial charge in [-0.15, -0.1) is 0 Å². The van der Waals surface area contributed by atoms with Gasteiger partial charge in [-0.2, -0.15) is 0 Å². The lowest BCUT2D eigenvalue weighted by Gasteiger charge is -2.42. The van der Waals surface area contributed by atoms with Gasteiger partial charge in [0.25, 0.3) is 0 Å². The van der Waals surface area contributed by atoms with Gasteiger partial charge in [0.05, 0.1) is 0 Å². The molecule has 136 valence electrons. The Bertz CT molecular complexity index is 653. The van der Waals surface area contributed by atoms with Crippen molar-refractivity contribution in [2.75, 3.05) is 26.2 Å². The Morgan fingerprint density at radius 3 is 2.48 bits per heavy atom. The number of hydrogen-bond acceptors (Lipinski definition) is 3. The number of benzene rings is 1. The summed E-state index contributed by atoms with van der Waals surface area (Å²) in [4.78, 5) is 28.9. The van der Waals surface area contributed by atoms with E-state index in [1.54, 1.807) is 13.0 Å². The summed E-state index contributed by atoms with van der Waals surface area (Å²) in [6.45, 7) is 7.18. The first-order valence-electron chi connectivity index (χ1n) is 9.25. The van der Waals surface area contributed by atoms with E-state index in [0.29, 0.717) is 11.1 Å². The average molecular weight is 363 g/mol. The summed E-state index contributed by atoms with van der Waals surface area (Å²) in [5.41, 5.74) is 1.77. The highest BCUT2D eigenvalue weighted by atomic mass is 35.5. The summed E-state index contributed by atoms with van der Waals surface area (Å²) in [6.07, 6.45) is 4.06. The molecular weight excluding hydrogens is 336 g/mol. The van der Waals surface area contributed by atoms with Crippen LogP contribution in [0.4, 0.5) is 0 Å². The van der Waals surface area contributed by atoms with Crippen molar-refractivity contribution in [3.63, 3.8) is 0 Å². The molecule has 0 aliphatic carbocycles. The summed E-state index contributed by atoms with van der Waals surface area (Å²) < 4.78 is 0. The van der Waals surface area contributed by atoms with E-state index in [0.717, 1.165) is 63.0 Å². The lowest BCUT2D eigenvalue weighted by molar-refractivity contribution is -0.130. The van der Waals surface area contributed by atoms with Crippen LogP contribution in [0.5, 0.6) is 0 Å². The maximum Gasteiger partial charge on any atom is 0.219 e. The minimum atomic E-state index is 0.0689. The predicted molar refractivity (Wildman–Crippen MR) is 100 cm³/mol. The molecule has 2 saturated heterocycles. The first-order chi connectivity index (χ1) is 12.0. The van der Waals surface area contributed by atoms with Gasteiger partial charge in [-0.3, -0.25) is 14.5 Å². The molecule has 1 amide bonds. The van der Waals surface area contributed by atoms with Crippen molar-refractivity contribution in [1.29, 1.82) is 0 Å². The largest absolute Gasteiger partial charge is 0.343 e. The molecule has 2 aliphatic rings. The molecule has 0 spiro atoms. The summed E-state index contributed by atoms with van der Waals surface area (Å²) in [6, 6.07) is 6.04. The number of nitrogens with zero attached hydrogens (tertiary/aromatic N) is 2. The van der Waals surface area contributed by atoms with E-state index in [2.05, 4.69) is 4.90 Å². The van der Waals surface area contributed by atoms with Gasteiger partial charge in [0.15, 0.2) is 5.78 Å². The molecular formula is C20H27ClN2O2. The molecule has 5 heteroatoms. The number of Topliss-reactive ketones (excluding diaryl/α,β-unsaturated/α-hetero) is 1. The van der Waals surface area contributed by atoms with Crippen molar-refractivity contribution in [3.05, 3.63) is 34.3 Å². The first-order valence-corrected chi connectivity index (χ1v) is 9.63. The molecule has 4 nitrogen and oxygen atoms in total. The third-order valence-electron chi connectivity index (χ3n) is 5.70. The van der Waals surface area contributed by atoms with Gasteiger partial charge in [0, 0.05) is 49.1 Å². The summed E-state index contributed by atoms with van der Waals surface area (Å²) in [7, 11) is 0. The summed E-state index contributed by atoms with van der Waals surface area (Å²) >= 11 is 6.02. The fourth-order valence-corrected chi connectivity index (χ4v) is 4.45. The number of ketones is 1. The van der Waals surface area contributed by atoms with E-state index in [1.165, 1.54) is 0 Å². The van der Waals surface area contributed by atoms with E-state index < -0.39 is 0 Å². The van der Waals surface area contributed by atoms with Crippen LogP contribution in [0, 0.1) is 12.8 Å². The Kier molecular flexibility index (Phi) is 5.80. The third-order valence-corrected chi connectivity index (χ3v) is 5.94. The van der Waals surface area contributed by atoms with Crippen molar-refractivity contribution in [3.8, 4) is 0 Å². The van der Waals surface area contributed by atoms with Crippen molar-refractivity contribution >= 4 is 23.3 Å². The van der Waals surface area contributed by atoms with E-state index in [4.69, 9.17) is 11.6 Å². The fraction of sp³-hybridized carbons (Fsp3) is 0.600. The highest BCUT2D eigenvalue weighted by Gasteiger charge is 2.32. The molecule has 1 atom stereocenters. The molecule has 0 saturated carbocycles. The number of likely N-dealkylation sites (tertiary alicyclic amines) is 2. The van der Waals surface area contributed by atoms with Crippen molar-refractivity contribution in [2.24, 2.45) is 5.92 Å². The molecule has 1 aromatic rings. The van der Waals surface area contributed by atoms with Gasteiger partial charge >= 0.3 is 0 Å². The van der Waals surface area contributed by atoms with Crippen LogP contribution in [0.3, 0.4) is 0 Å². The quantitative estimate of drug-likeness (QED) is 0.772. The zero-order chi connectivity index (χ0) is 18.0. The zero-order valence-corrected chi connectivity index (χ0v) is 15.9. The molecule has 25 heavy (non-hydrogen) atoms. The summed E-state index contributed by atoms with van der Waals surface area (Å²) in [5.74, 6) is 0.489. The molecule has 0 radical (unpaired) electrons. The normalized spacial score (nSPS) is 22.8. The smallest absolute Gasteiger partial charge is 0.219 e. The molecule has 3 rings (SSSR count). The Morgan fingerprint density at radius 2 is 1.84 bits per heavy atom. The minimum Gasteiger partial charge on any atom is -0.343 e. The highest BCUT2D eigenvalue weighted by molar-refractivity contribution is 6.30. The maximum absolute atomic E-state index is 13.0. The van der Waals surface area contributed by atoms with Crippen LogP contribution in [-0.2, 0) is 4.79 Å². The number of amides is 1. The van der Waals surface area contributed by atoms with E-state index in [1.807, 2.05) is 24.0 Å². The number of carbonyl (C=O) groups is 2. The summed E-state index contributed by atoms with van der Waals surface area (Å²) in [5, 5.41) is 0.677. The van der Waals surface area contributed by atoms with Crippen molar-refractivity contribution in [1.82, 2.24) is 9.80 Å². The second-order valence-electron chi connectivity index (χ2n) is 7.39. The Labute approximate surface area is 155 Å². The second kappa shape index (κ2) is 7.88. The van der Waals surface area contributed by atoms with E-state index >= 15 is 0 Å². The van der Waals surface area contributed by atoms with Crippen molar-refractivity contribution in [2.45, 2.75) is 45.6 Å². The van der Waals surface area contributed by atoms with Crippen LogP contribution in [0.1, 0.15) is 48.5 Å². The van der Waals surface area contributed by atoms with Gasteiger partial charge in [0.2, 0.25) is 5.91 Å². The molecule has 2 heterocycles. The lowest BCUT2D eigenvalue weighted by atomic mass is 9.87. The van der Waals surface area contributed by atoms with Crippen LogP contribution in [0.15, 0.2) is 18.2 Å². The first kappa shape index (κ1) is 18.4. The lowest BCUT2D eigenvalue weighted by Crippen LogP contribution is -2.50. The molecule has 2 aliphatic heterocycles. The van der Waals surface area contributed by atoms with Gasteiger partial charge < -0.3 is 4.90 Å². The van der Waals surface area contributed by atoms with Gasteiger partial charge in [-0.1, -0.05) is 11.6 Å². The van der Waals surface area contributed by atoms with Crippen LogP contribution in [-0.4, -0.2) is 53.7 Å². The third kappa shape index (κ3) is 4.24. The topological polar surface area (TPSA) is 40.6 Å². The SMILES string of the molecule is CC(=O)N1CCC(N2CCC[C@H](C(=O)c3ccc(Cl)cc3C)C2)CC1. The van der Waals surface area contributed by atoms with Crippen LogP contribution in [0.2, 0.25) is 5.02 Å². The number of aryl methyl sites for hydroxylation is 1. The maximum atomic E-state index is 13.0. The number of piperidine rings is 2. The molecule has 0 unspecified atom stereocenters. The van der Waals surface area contributed by atoms with Gasteiger partial charge in [-0.05, 0) is 62.9 Å². The molecule has 2 fully saturated rings. The minimum absolute atomic E-state index is 0.0689. The predicted octanol–water partition coefficient (Wildman–Crippen LogP) is 3.55. The Morgan fingerprint density at radius 1 is 1.12 bits per heavy atom. The number of halogens is 1. The monoisotopic (exact) mass is 362 g/mol. The molecule has 0 bridgehead atoms. The Hall–Kier alpha value is -1.39. The number of hydrogen-bond donors (Lipinski definition) is 0. The highest BCUT2D eigenvalue weighted by Crippen LogP contribution is 2.27. The van der Waals surface area contributed by atoms with Crippen molar-refractivity contribution < 1.29 is 9.59 Å². The van der Waals surface area contributed by atoms with E-state index in [9.17, 15) is 9.59 Å². The van der Waals surface area contributed by atoms with Crippen LogP contribution < -0.4 is 0 Å². The average Bonchev–Trinajstić information content (AvgIpc) is 2.61. The fourth-order valence-electron chi connectivity index (χ4n) is 4.22. The molecule has 1 aromatic carbocycles. The number of rotatable bonds is 3. The molecule has 0 N–H and O–H groups in total. The zero-order valence-electron chi connectivity index (χ0n) is 15.1. The Balaban J connectivity index is 1.63. The standard InChI is InChI=1S/C20H27ClN2O2/c1-14-12-17(21)5-6-19(14)20(25)16-4-3-9-23(13-16)18-7-10-22(11-8-18)15(2)24/h5-6,12,16,18H,3-4,7-11,13H2,1-2H3/t16-/m0/s1. The molecule has 0 aromatic heterocycles. The van der Waals surface area contributed by atoms with Crippen LogP contribution in [0.25, 0.3) is 0 Å². The second-order valence-corrected chi connectivity index (χ2v) is 7.83. The van der Waals surface area contributed by atoms with Crippen LogP contribution >= 0.6 is 11.6 Å². The van der Waals surface area contributed by atoms with E-state index in [-0.39, 0.29) is 17.6 Å².